The molecule has 1 aliphatic rings. The summed E-state index contributed by atoms with van der Waals surface area (Å²) in [7, 11) is 0. The fourth-order valence-electron chi connectivity index (χ4n) is 3.72. The van der Waals surface area contributed by atoms with Gasteiger partial charge in [0.15, 0.2) is 18.1 Å². The minimum absolute atomic E-state index is 0.190. The molecule has 8 heteroatoms. The highest BCUT2D eigenvalue weighted by molar-refractivity contribution is 8.18. The molecule has 0 unspecified atom stereocenters. The first-order valence-electron chi connectivity index (χ1n) is 11.9. The summed E-state index contributed by atoms with van der Waals surface area (Å²) in [5.41, 5.74) is 4.51. The molecule has 37 heavy (non-hydrogen) atoms. The van der Waals surface area contributed by atoms with Gasteiger partial charge >= 0.3 is 0 Å². The van der Waals surface area contributed by atoms with E-state index in [1.165, 1.54) is 4.90 Å². The lowest BCUT2D eigenvalue weighted by molar-refractivity contribution is -0.123. The number of carbonyl (C=O) groups is 3. The Labute approximate surface area is 220 Å². The average molecular weight is 517 g/mol. The number of thioether (sulfide) groups is 1. The number of nitrogens with zero attached hydrogens (tertiary/aromatic N) is 1. The van der Waals surface area contributed by atoms with Crippen molar-refractivity contribution >= 4 is 40.6 Å². The quantitative estimate of drug-likeness (QED) is 0.354. The zero-order valence-corrected chi connectivity index (χ0v) is 21.8. The number of hydrogen-bond donors (Lipinski definition) is 1. The summed E-state index contributed by atoms with van der Waals surface area (Å²) in [5, 5.41) is 2.52. The van der Waals surface area contributed by atoms with E-state index in [4.69, 9.17) is 9.47 Å². The molecule has 1 N–H and O–H groups in total. The Kier molecular flexibility index (Phi) is 8.30. The number of anilines is 1. The Morgan fingerprint density at radius 3 is 2.46 bits per heavy atom. The number of carbonyl (C=O) groups excluding carboxylic acids is 3. The molecule has 1 fully saturated rings. The Bertz CT molecular complexity index is 1350. The molecule has 7 nitrogen and oxygen atoms in total. The summed E-state index contributed by atoms with van der Waals surface area (Å²) in [5.74, 6) is 0.229. The number of aryl methyl sites for hydroxylation is 2. The minimum atomic E-state index is -0.333. The van der Waals surface area contributed by atoms with Gasteiger partial charge in [0.1, 0.15) is 0 Å². The van der Waals surface area contributed by atoms with E-state index in [1.807, 2.05) is 69.3 Å². The van der Waals surface area contributed by atoms with Gasteiger partial charge in [-0.3, -0.25) is 19.3 Å². The molecule has 1 saturated heterocycles. The standard InChI is InChI=1S/C29H28N2O5S/c1-4-35-25-15-22(16-26-28(33)31(29(34)37-26)17-21-8-6-5-7-9-21)11-13-24(25)36-18-27(32)30-23-12-10-19(2)20(3)14-23/h5-16H,4,17-18H2,1-3H3,(H,30,32)/b26-16-. The SMILES string of the molecule is CCOc1cc(/C=C2\SC(=O)N(Cc3ccccc3)C2=O)ccc1OCC(=O)Nc1ccc(C)c(C)c1. The van der Waals surface area contributed by atoms with Gasteiger partial charge in [-0.2, -0.15) is 0 Å². The number of imide groups is 1. The molecule has 0 saturated carbocycles. The molecule has 0 aliphatic carbocycles. The molecule has 0 bridgehead atoms. The van der Waals surface area contributed by atoms with Gasteiger partial charge in [0, 0.05) is 5.69 Å². The van der Waals surface area contributed by atoms with E-state index in [0.717, 1.165) is 28.5 Å². The highest BCUT2D eigenvalue weighted by atomic mass is 32.2. The molecule has 0 aromatic heterocycles. The van der Waals surface area contributed by atoms with Crippen LogP contribution in [0.2, 0.25) is 0 Å². The Morgan fingerprint density at radius 1 is 0.946 bits per heavy atom. The van der Waals surface area contributed by atoms with E-state index in [1.54, 1.807) is 24.3 Å². The van der Waals surface area contributed by atoms with Crippen molar-refractivity contribution in [2.24, 2.45) is 0 Å². The van der Waals surface area contributed by atoms with Crippen molar-refractivity contribution in [3.05, 3.63) is 93.9 Å². The minimum Gasteiger partial charge on any atom is -0.490 e. The molecule has 0 radical (unpaired) electrons. The van der Waals surface area contributed by atoms with Crippen molar-refractivity contribution in [1.82, 2.24) is 4.90 Å². The van der Waals surface area contributed by atoms with Crippen LogP contribution in [0.4, 0.5) is 10.5 Å². The normalized spacial score (nSPS) is 14.2. The summed E-state index contributed by atoms with van der Waals surface area (Å²) >= 11 is 0.910. The second-order valence-electron chi connectivity index (χ2n) is 8.53. The van der Waals surface area contributed by atoms with Crippen LogP contribution in [0.5, 0.6) is 11.5 Å². The maximum Gasteiger partial charge on any atom is 0.293 e. The molecule has 0 spiro atoms. The van der Waals surface area contributed by atoms with Gasteiger partial charge in [-0.1, -0.05) is 42.5 Å². The number of rotatable bonds is 9. The predicted octanol–water partition coefficient (Wildman–Crippen LogP) is 5.96. The second kappa shape index (κ2) is 11.8. The topological polar surface area (TPSA) is 84.9 Å². The van der Waals surface area contributed by atoms with Gasteiger partial charge < -0.3 is 14.8 Å². The summed E-state index contributed by atoms with van der Waals surface area (Å²) in [6, 6.07) is 20.3. The smallest absolute Gasteiger partial charge is 0.293 e. The molecular formula is C29H28N2O5S. The van der Waals surface area contributed by atoms with Gasteiger partial charge in [0.2, 0.25) is 0 Å². The fourth-order valence-corrected chi connectivity index (χ4v) is 4.55. The third-order valence-electron chi connectivity index (χ3n) is 5.77. The van der Waals surface area contributed by atoms with Crippen LogP contribution in [0.15, 0.2) is 71.6 Å². The number of nitrogens with one attached hydrogen (secondary N) is 1. The summed E-state index contributed by atoms with van der Waals surface area (Å²) in [6.45, 7) is 6.27. The molecule has 190 valence electrons. The third-order valence-corrected chi connectivity index (χ3v) is 6.68. The van der Waals surface area contributed by atoms with Gasteiger partial charge in [0.05, 0.1) is 18.1 Å². The molecule has 4 rings (SSSR count). The van der Waals surface area contributed by atoms with Crippen LogP contribution in [-0.4, -0.2) is 35.2 Å². The van der Waals surface area contributed by atoms with Crippen LogP contribution < -0.4 is 14.8 Å². The third kappa shape index (κ3) is 6.59. The second-order valence-corrected chi connectivity index (χ2v) is 9.52. The molecule has 1 aliphatic heterocycles. The van der Waals surface area contributed by atoms with Crippen molar-refractivity contribution in [2.45, 2.75) is 27.3 Å². The van der Waals surface area contributed by atoms with Crippen molar-refractivity contribution < 1.29 is 23.9 Å². The molecule has 0 atom stereocenters. The maximum absolute atomic E-state index is 12.9. The predicted molar refractivity (Wildman–Crippen MR) is 146 cm³/mol. The van der Waals surface area contributed by atoms with Gasteiger partial charge in [0.25, 0.3) is 17.1 Å². The van der Waals surface area contributed by atoms with Gasteiger partial charge in [-0.05, 0) is 85.1 Å². The molecule has 3 aromatic carbocycles. The van der Waals surface area contributed by atoms with E-state index in [-0.39, 0.29) is 30.2 Å². The highest BCUT2D eigenvalue weighted by Crippen LogP contribution is 2.35. The summed E-state index contributed by atoms with van der Waals surface area (Å²) < 4.78 is 11.4. The van der Waals surface area contributed by atoms with Crippen molar-refractivity contribution in [1.29, 1.82) is 0 Å². The zero-order chi connectivity index (χ0) is 26.4. The number of benzene rings is 3. The number of amides is 3. The number of hydrogen-bond acceptors (Lipinski definition) is 6. The lowest BCUT2D eigenvalue weighted by Gasteiger charge is -2.13. The largest absolute Gasteiger partial charge is 0.490 e. The molecular weight excluding hydrogens is 488 g/mol. The molecule has 3 amide bonds. The first-order chi connectivity index (χ1) is 17.8. The number of ether oxygens (including phenoxy) is 2. The zero-order valence-electron chi connectivity index (χ0n) is 20.9. The fraction of sp³-hybridized carbons (Fsp3) is 0.207. The Morgan fingerprint density at radius 2 is 1.73 bits per heavy atom. The Hall–Kier alpha value is -4.04. The van der Waals surface area contributed by atoms with E-state index in [2.05, 4.69) is 5.32 Å². The van der Waals surface area contributed by atoms with Crippen molar-refractivity contribution in [2.75, 3.05) is 18.5 Å². The first-order valence-corrected chi connectivity index (χ1v) is 12.7. The van der Waals surface area contributed by atoms with E-state index >= 15 is 0 Å². The van der Waals surface area contributed by atoms with Gasteiger partial charge in [-0.25, -0.2) is 0 Å². The van der Waals surface area contributed by atoms with E-state index in [0.29, 0.717) is 34.3 Å². The molecule has 1 heterocycles. The monoisotopic (exact) mass is 516 g/mol. The lowest BCUT2D eigenvalue weighted by atomic mass is 10.1. The lowest BCUT2D eigenvalue weighted by Crippen LogP contribution is -2.27. The van der Waals surface area contributed by atoms with Crippen molar-refractivity contribution in [3.63, 3.8) is 0 Å². The van der Waals surface area contributed by atoms with Crippen molar-refractivity contribution in [3.8, 4) is 11.5 Å². The van der Waals surface area contributed by atoms with Crippen LogP contribution in [0.1, 0.15) is 29.2 Å². The summed E-state index contributed by atoms with van der Waals surface area (Å²) in [6.07, 6.45) is 1.66. The van der Waals surface area contributed by atoms with Crippen LogP contribution in [0.25, 0.3) is 6.08 Å². The average Bonchev–Trinajstić information content (AvgIpc) is 3.14. The van der Waals surface area contributed by atoms with Crippen LogP contribution in [-0.2, 0) is 16.1 Å². The van der Waals surface area contributed by atoms with Crippen LogP contribution >= 0.6 is 11.8 Å². The van der Waals surface area contributed by atoms with Gasteiger partial charge in [-0.15, -0.1) is 0 Å². The van der Waals surface area contributed by atoms with E-state index < -0.39 is 0 Å². The highest BCUT2D eigenvalue weighted by Gasteiger charge is 2.35. The maximum atomic E-state index is 12.9. The van der Waals surface area contributed by atoms with Crippen LogP contribution in [0, 0.1) is 13.8 Å². The molecule has 3 aromatic rings. The van der Waals surface area contributed by atoms with Crippen LogP contribution in [0.3, 0.4) is 0 Å². The first kappa shape index (κ1) is 26.0. The Balaban J connectivity index is 1.43. The van der Waals surface area contributed by atoms with E-state index in [9.17, 15) is 14.4 Å². The summed E-state index contributed by atoms with van der Waals surface area (Å²) in [4.78, 5) is 39.3.